The predicted octanol–water partition coefficient (Wildman–Crippen LogP) is 0.998. The van der Waals surface area contributed by atoms with Crippen LogP contribution in [0.1, 0.15) is 59.3 Å². The summed E-state index contributed by atoms with van der Waals surface area (Å²) < 4.78 is 5.46. The summed E-state index contributed by atoms with van der Waals surface area (Å²) in [4.78, 5) is 8.89. The molecule has 18 heavy (non-hydrogen) atoms. The van der Waals surface area contributed by atoms with Crippen molar-refractivity contribution in [2.45, 2.75) is 59.3 Å². The van der Waals surface area contributed by atoms with Crippen molar-refractivity contribution in [3.05, 3.63) is 0 Å². The number of rotatable bonds is 10. The van der Waals surface area contributed by atoms with E-state index < -0.39 is 5.97 Å². The van der Waals surface area contributed by atoms with Crippen molar-refractivity contribution in [1.82, 2.24) is 0 Å². The fourth-order valence-corrected chi connectivity index (χ4v) is 1.42. The van der Waals surface area contributed by atoms with Crippen LogP contribution in [0.4, 0.5) is 0 Å². The zero-order valence-electron chi connectivity index (χ0n) is 12.4. The lowest BCUT2D eigenvalue weighted by Crippen LogP contribution is -2.50. The highest BCUT2D eigenvalue weighted by molar-refractivity contribution is 5.60. The van der Waals surface area contributed by atoms with E-state index in [0.717, 1.165) is 39.0 Å². The molecule has 0 radical (unpaired) electrons. The van der Waals surface area contributed by atoms with Gasteiger partial charge in [0.1, 0.15) is 0 Å². The summed E-state index contributed by atoms with van der Waals surface area (Å²) in [6.07, 6.45) is 7.80. The molecule has 0 atom stereocenters. The average molecular weight is 261 g/mol. The van der Waals surface area contributed by atoms with E-state index >= 15 is 0 Å². The van der Waals surface area contributed by atoms with E-state index in [1.54, 1.807) is 0 Å². The minimum Gasteiger partial charge on any atom is -0.550 e. The van der Waals surface area contributed by atoms with E-state index in [9.17, 15) is 0 Å². The Labute approximate surface area is 112 Å². The van der Waals surface area contributed by atoms with E-state index in [1.807, 2.05) is 0 Å². The van der Waals surface area contributed by atoms with Gasteiger partial charge in [0, 0.05) is 19.0 Å². The van der Waals surface area contributed by atoms with Crippen LogP contribution in [0.25, 0.3) is 0 Å². The van der Waals surface area contributed by atoms with Crippen LogP contribution >= 0.6 is 0 Å². The Morgan fingerprint density at radius 1 is 1.11 bits per heavy atom. The van der Waals surface area contributed by atoms with Crippen LogP contribution in [0.2, 0.25) is 0 Å². The number of ether oxygens (including phenoxy) is 1. The molecule has 4 heteroatoms. The van der Waals surface area contributed by atoms with E-state index in [4.69, 9.17) is 14.6 Å². The number of carbonyl (C=O) groups is 1. The van der Waals surface area contributed by atoms with E-state index in [2.05, 4.69) is 19.6 Å². The number of carboxylic acid groups (broad SMARTS) is 1. The number of quaternary nitrogens is 1. The minimum absolute atomic E-state index is 0.864. The second-order valence-electron chi connectivity index (χ2n) is 4.91. The van der Waals surface area contributed by atoms with Crippen LogP contribution in [0, 0.1) is 5.92 Å². The van der Waals surface area contributed by atoms with Crippen molar-refractivity contribution in [2.75, 3.05) is 19.8 Å². The minimum atomic E-state index is -1.08. The lowest BCUT2D eigenvalue weighted by molar-refractivity contribution is -0.369. The van der Waals surface area contributed by atoms with Crippen LogP contribution in [0.5, 0.6) is 0 Å². The predicted molar refractivity (Wildman–Crippen MR) is 71.8 cm³/mol. The molecule has 0 aromatic rings. The van der Waals surface area contributed by atoms with Gasteiger partial charge in [0.25, 0.3) is 0 Å². The van der Waals surface area contributed by atoms with Crippen molar-refractivity contribution in [1.29, 1.82) is 0 Å². The number of carboxylic acids is 1. The third-order valence-electron chi connectivity index (χ3n) is 2.36. The van der Waals surface area contributed by atoms with Crippen LogP contribution in [0.3, 0.4) is 0 Å². The maximum atomic E-state index is 8.89. The maximum absolute atomic E-state index is 8.89. The van der Waals surface area contributed by atoms with E-state index in [1.165, 1.54) is 32.1 Å². The van der Waals surface area contributed by atoms with E-state index in [0.29, 0.717) is 0 Å². The highest BCUT2D eigenvalue weighted by Crippen LogP contribution is 2.09. The van der Waals surface area contributed by atoms with Gasteiger partial charge in [-0.25, -0.2) is 0 Å². The van der Waals surface area contributed by atoms with Gasteiger partial charge in [-0.15, -0.1) is 0 Å². The summed E-state index contributed by atoms with van der Waals surface area (Å²) in [5.74, 6) is -0.219. The lowest BCUT2D eigenvalue weighted by Gasteiger charge is -2.04. The molecule has 0 heterocycles. The highest BCUT2D eigenvalue weighted by Gasteiger charge is 1.94. The van der Waals surface area contributed by atoms with Gasteiger partial charge in [0.05, 0.1) is 13.2 Å². The number of unbranched alkanes of at least 4 members (excludes halogenated alkanes) is 3. The maximum Gasteiger partial charge on any atom is 0.0762 e. The molecule has 0 aliphatic rings. The molecule has 0 unspecified atom stereocenters. The lowest BCUT2D eigenvalue weighted by atomic mass is 10.0. The molecule has 110 valence electrons. The normalized spacial score (nSPS) is 10.1. The Balaban J connectivity index is 0. The Kier molecular flexibility index (Phi) is 18.0. The largest absolute Gasteiger partial charge is 0.550 e. The number of aliphatic carboxylic acids is 1. The third kappa shape index (κ3) is 29.5. The molecule has 3 N–H and O–H groups in total. The Morgan fingerprint density at radius 2 is 1.61 bits per heavy atom. The summed E-state index contributed by atoms with van der Waals surface area (Å²) in [7, 11) is 0. The molecule has 0 saturated carbocycles. The monoisotopic (exact) mass is 261 g/mol. The van der Waals surface area contributed by atoms with Gasteiger partial charge in [-0.3, -0.25) is 0 Å². The SMILES string of the molecule is CC(=O)[O-].CC(C)CCCCCCOCCC[NH3+]. The van der Waals surface area contributed by atoms with Crippen LogP contribution in [0.15, 0.2) is 0 Å². The summed E-state index contributed by atoms with van der Waals surface area (Å²) in [6, 6.07) is 0. The van der Waals surface area contributed by atoms with Gasteiger partial charge in [0.2, 0.25) is 0 Å². The molecule has 0 saturated heterocycles. The average Bonchev–Trinajstić information content (AvgIpc) is 2.26. The van der Waals surface area contributed by atoms with Gasteiger partial charge in [-0.2, -0.15) is 0 Å². The Morgan fingerprint density at radius 3 is 2.11 bits per heavy atom. The molecule has 0 aromatic heterocycles. The van der Waals surface area contributed by atoms with E-state index in [-0.39, 0.29) is 0 Å². The molecule has 0 aromatic carbocycles. The van der Waals surface area contributed by atoms with Gasteiger partial charge in [0.15, 0.2) is 0 Å². The van der Waals surface area contributed by atoms with Crippen molar-refractivity contribution in [3.8, 4) is 0 Å². The summed E-state index contributed by atoms with van der Waals surface area (Å²) in [6.45, 7) is 8.40. The van der Waals surface area contributed by atoms with Crippen molar-refractivity contribution >= 4 is 5.97 Å². The first-order valence-corrected chi connectivity index (χ1v) is 7.05. The first-order chi connectivity index (χ1) is 8.50. The number of carbonyl (C=O) groups excluding carboxylic acids is 1. The topological polar surface area (TPSA) is 77.0 Å². The molecule has 0 bridgehead atoms. The fourth-order valence-electron chi connectivity index (χ4n) is 1.42. The quantitative estimate of drug-likeness (QED) is 0.596. The standard InChI is InChI=1S/C12H27NO.C2H4O2/c1-12(2)8-5-3-4-6-10-14-11-7-9-13;1-2(3)4/h12H,3-11,13H2,1-2H3;1H3,(H,3,4). The van der Waals surface area contributed by atoms with Gasteiger partial charge < -0.3 is 20.4 Å². The first-order valence-electron chi connectivity index (χ1n) is 7.05. The number of hydrogen-bond acceptors (Lipinski definition) is 3. The first kappa shape index (κ1) is 19.7. The van der Waals surface area contributed by atoms with Crippen LogP contribution < -0.4 is 10.8 Å². The highest BCUT2D eigenvalue weighted by atomic mass is 16.5. The number of hydrogen-bond donors (Lipinski definition) is 1. The molecule has 0 aliphatic heterocycles. The Bertz CT molecular complexity index is 168. The molecule has 0 amide bonds. The molecule has 0 spiro atoms. The third-order valence-corrected chi connectivity index (χ3v) is 2.36. The summed E-state index contributed by atoms with van der Waals surface area (Å²) in [5.41, 5.74) is 3.78. The Hall–Kier alpha value is -0.610. The van der Waals surface area contributed by atoms with Gasteiger partial charge in [-0.05, 0) is 19.3 Å². The molecular weight excluding hydrogens is 230 g/mol. The van der Waals surface area contributed by atoms with Crippen LogP contribution in [-0.4, -0.2) is 25.7 Å². The van der Waals surface area contributed by atoms with Gasteiger partial charge >= 0.3 is 0 Å². The van der Waals surface area contributed by atoms with Crippen molar-refractivity contribution in [2.24, 2.45) is 5.92 Å². The molecule has 4 nitrogen and oxygen atoms in total. The van der Waals surface area contributed by atoms with Gasteiger partial charge in [-0.1, -0.05) is 39.5 Å². The fraction of sp³-hybridized carbons (Fsp3) is 0.929. The molecule has 0 rings (SSSR count). The zero-order chi connectivity index (χ0) is 14.2. The molecule has 0 fully saturated rings. The smallest absolute Gasteiger partial charge is 0.0762 e. The van der Waals surface area contributed by atoms with Crippen molar-refractivity contribution in [3.63, 3.8) is 0 Å². The zero-order valence-corrected chi connectivity index (χ0v) is 12.4. The summed E-state index contributed by atoms with van der Waals surface area (Å²) in [5, 5.41) is 8.89. The van der Waals surface area contributed by atoms with Crippen LogP contribution in [-0.2, 0) is 9.53 Å². The molecule has 0 aliphatic carbocycles. The summed E-state index contributed by atoms with van der Waals surface area (Å²) >= 11 is 0. The van der Waals surface area contributed by atoms with Crippen molar-refractivity contribution < 1.29 is 20.4 Å². The second kappa shape index (κ2) is 16.4. The second-order valence-corrected chi connectivity index (χ2v) is 4.91. The molecular formula is C14H31NO3.